The Hall–Kier alpha value is -3.19. The van der Waals surface area contributed by atoms with Crippen molar-refractivity contribution in [3.05, 3.63) is 88.9 Å². The van der Waals surface area contributed by atoms with Gasteiger partial charge in [-0.15, -0.1) is 11.3 Å². The highest BCUT2D eigenvalue weighted by atomic mass is 32.1. The number of nitrogens with zero attached hydrogens (tertiary/aromatic N) is 2. The van der Waals surface area contributed by atoms with E-state index >= 15 is 0 Å². The zero-order chi connectivity index (χ0) is 24.5. The van der Waals surface area contributed by atoms with Gasteiger partial charge >= 0.3 is 0 Å². The minimum absolute atomic E-state index is 0.109. The van der Waals surface area contributed by atoms with Gasteiger partial charge in [0.15, 0.2) is 17.9 Å². The van der Waals surface area contributed by atoms with Gasteiger partial charge in [-0.25, -0.2) is 13.8 Å². The van der Waals surface area contributed by atoms with Crippen molar-refractivity contribution in [2.45, 2.75) is 41.0 Å². The van der Waals surface area contributed by atoms with Crippen molar-refractivity contribution in [2.75, 3.05) is 0 Å². The summed E-state index contributed by atoms with van der Waals surface area (Å²) in [5, 5.41) is 0. The Labute approximate surface area is 197 Å². The third kappa shape index (κ3) is 6.89. The number of aryl methyl sites for hydroxylation is 1. The summed E-state index contributed by atoms with van der Waals surface area (Å²) in [7, 11) is 0. The van der Waals surface area contributed by atoms with Crippen LogP contribution in [-0.2, 0) is 0 Å². The van der Waals surface area contributed by atoms with E-state index in [1.807, 2.05) is 6.20 Å². The largest absolute Gasteiger partial charge is 0.443 e. The summed E-state index contributed by atoms with van der Waals surface area (Å²) in [5.74, 6) is -0.811. The van der Waals surface area contributed by atoms with Gasteiger partial charge in [-0.3, -0.25) is 9.79 Å². The van der Waals surface area contributed by atoms with Crippen molar-refractivity contribution in [3.8, 4) is 10.6 Å². The van der Waals surface area contributed by atoms with Crippen LogP contribution in [0.1, 0.15) is 54.9 Å². The summed E-state index contributed by atoms with van der Waals surface area (Å²) in [6.45, 7) is 13.9. The molecule has 0 amide bonds. The average Bonchev–Trinajstić information content (AvgIpc) is 3.44. The number of rotatable bonds is 7. The molecule has 4 nitrogen and oxygen atoms in total. The molecule has 0 saturated heterocycles. The van der Waals surface area contributed by atoms with Crippen LogP contribution in [0, 0.1) is 24.5 Å². The standard InChI is InChI=1S/C17H20N2OS.C9H8F2O/c1-6-15(19-8-12(4)11(2)3)14-7-17(21-13(14)5)16-9-18-10-20-16;1-2-8(12)9-6(10)4-3-5-7(9)11/h6-11H,1H2,2-5H3;3-5H,2H2,1H3/b12-8-,19-15?;. The number of hydrogen-bond acceptors (Lipinski definition) is 5. The van der Waals surface area contributed by atoms with Gasteiger partial charge < -0.3 is 4.42 Å². The fourth-order valence-electron chi connectivity index (χ4n) is 2.69. The molecule has 3 rings (SSSR count). The molecule has 2 aromatic heterocycles. The number of allylic oxidation sites excluding steroid dienone is 2. The Balaban J connectivity index is 0.000000273. The molecule has 7 heteroatoms. The van der Waals surface area contributed by atoms with Crippen molar-refractivity contribution in [1.82, 2.24) is 4.98 Å². The maximum Gasteiger partial charge on any atom is 0.181 e. The SMILES string of the molecule is C=CC(=N/C=C(/C)C(C)C)c1cc(-c2cnco2)sc1C.CCC(=O)c1c(F)cccc1F. The topological polar surface area (TPSA) is 55.5 Å². The number of oxazole rings is 1. The quantitative estimate of drug-likeness (QED) is 0.261. The van der Waals surface area contributed by atoms with Crippen LogP contribution in [-0.4, -0.2) is 16.5 Å². The van der Waals surface area contributed by atoms with Gasteiger partial charge in [-0.05, 0) is 44.0 Å². The van der Waals surface area contributed by atoms with E-state index in [4.69, 9.17) is 4.42 Å². The van der Waals surface area contributed by atoms with Gasteiger partial charge in [0.25, 0.3) is 0 Å². The predicted molar refractivity (Wildman–Crippen MR) is 131 cm³/mol. The molecular weight excluding hydrogens is 442 g/mol. The smallest absolute Gasteiger partial charge is 0.181 e. The van der Waals surface area contributed by atoms with Gasteiger partial charge in [0, 0.05) is 23.1 Å². The summed E-state index contributed by atoms with van der Waals surface area (Å²) in [6.07, 6.45) is 7.00. The molecule has 0 bridgehead atoms. The lowest BCUT2D eigenvalue weighted by Crippen LogP contribution is -2.03. The summed E-state index contributed by atoms with van der Waals surface area (Å²) in [5.41, 5.74) is 2.79. The van der Waals surface area contributed by atoms with Crippen LogP contribution >= 0.6 is 11.3 Å². The molecule has 0 aliphatic carbocycles. The monoisotopic (exact) mass is 470 g/mol. The number of halogens is 2. The Morgan fingerprint density at radius 2 is 1.97 bits per heavy atom. The fourth-order valence-corrected chi connectivity index (χ4v) is 3.67. The van der Waals surface area contributed by atoms with Gasteiger partial charge in [0.2, 0.25) is 0 Å². The molecule has 2 heterocycles. The molecule has 0 fully saturated rings. The molecule has 0 N–H and O–H groups in total. The number of ketones is 1. The van der Waals surface area contributed by atoms with E-state index < -0.39 is 23.0 Å². The summed E-state index contributed by atoms with van der Waals surface area (Å²) in [6, 6.07) is 5.47. The third-order valence-electron chi connectivity index (χ3n) is 4.94. The molecule has 0 spiro atoms. The lowest BCUT2D eigenvalue weighted by Gasteiger charge is -2.03. The van der Waals surface area contributed by atoms with Crippen molar-refractivity contribution < 1.29 is 18.0 Å². The first-order valence-electron chi connectivity index (χ1n) is 10.5. The van der Waals surface area contributed by atoms with Gasteiger partial charge in [-0.2, -0.15) is 0 Å². The van der Waals surface area contributed by atoms with Crippen LogP contribution in [0.25, 0.3) is 10.6 Å². The first-order chi connectivity index (χ1) is 15.7. The maximum atomic E-state index is 12.8. The Morgan fingerprint density at radius 1 is 1.30 bits per heavy atom. The van der Waals surface area contributed by atoms with Crippen molar-refractivity contribution in [1.29, 1.82) is 0 Å². The number of aromatic nitrogens is 1. The number of thiophene rings is 1. The fraction of sp³-hybridized carbons (Fsp3) is 0.269. The van der Waals surface area contributed by atoms with Crippen LogP contribution in [0.3, 0.4) is 0 Å². The summed E-state index contributed by atoms with van der Waals surface area (Å²) in [4.78, 5) is 21.8. The number of hydrogen-bond donors (Lipinski definition) is 0. The second-order valence-corrected chi connectivity index (χ2v) is 8.82. The van der Waals surface area contributed by atoms with Crippen molar-refractivity contribution in [3.63, 3.8) is 0 Å². The molecule has 0 saturated carbocycles. The minimum Gasteiger partial charge on any atom is -0.443 e. The molecule has 3 aromatic rings. The molecule has 0 unspecified atom stereocenters. The van der Waals surface area contributed by atoms with E-state index in [2.05, 4.69) is 50.3 Å². The van der Waals surface area contributed by atoms with Crippen molar-refractivity contribution in [2.24, 2.45) is 10.9 Å². The molecule has 0 aliphatic heterocycles. The molecule has 0 atom stereocenters. The first-order valence-corrected chi connectivity index (χ1v) is 11.3. The number of carbonyl (C=O) groups excluding carboxylic acids is 1. The maximum absolute atomic E-state index is 12.8. The summed E-state index contributed by atoms with van der Waals surface area (Å²) < 4.78 is 31.0. The highest BCUT2D eigenvalue weighted by molar-refractivity contribution is 7.15. The highest BCUT2D eigenvalue weighted by Crippen LogP contribution is 2.31. The van der Waals surface area contributed by atoms with E-state index in [0.29, 0.717) is 5.92 Å². The second-order valence-electron chi connectivity index (χ2n) is 7.57. The predicted octanol–water partition coefficient (Wildman–Crippen LogP) is 7.80. The number of Topliss-reactive ketones (excluding diaryl/α,β-unsaturated/α-hetero) is 1. The van der Waals surface area contributed by atoms with E-state index in [1.165, 1.54) is 22.9 Å². The number of aliphatic imine (C=N–C) groups is 1. The molecule has 33 heavy (non-hydrogen) atoms. The Kier molecular flexibility index (Phi) is 9.60. The molecule has 0 radical (unpaired) electrons. The van der Waals surface area contributed by atoms with Crippen molar-refractivity contribution >= 4 is 22.8 Å². The molecule has 174 valence electrons. The van der Waals surface area contributed by atoms with Crippen LogP contribution < -0.4 is 0 Å². The lowest BCUT2D eigenvalue weighted by molar-refractivity contribution is 0.0980. The Morgan fingerprint density at radius 3 is 2.48 bits per heavy atom. The van der Waals surface area contributed by atoms with Crippen LogP contribution in [0.15, 0.2) is 70.7 Å². The van der Waals surface area contributed by atoms with E-state index in [9.17, 15) is 13.6 Å². The van der Waals surface area contributed by atoms with E-state index in [-0.39, 0.29) is 6.42 Å². The average molecular weight is 471 g/mol. The molecular formula is C26H28F2N2O2S. The zero-order valence-corrected chi connectivity index (χ0v) is 20.3. The second kappa shape index (κ2) is 12.2. The number of benzene rings is 1. The van der Waals surface area contributed by atoms with E-state index in [1.54, 1.807) is 30.5 Å². The van der Waals surface area contributed by atoms with Crippen LogP contribution in [0.5, 0.6) is 0 Å². The number of carbonyl (C=O) groups is 1. The molecule has 0 aliphatic rings. The third-order valence-corrected chi connectivity index (χ3v) is 6.01. The normalized spacial score (nSPS) is 11.9. The van der Waals surface area contributed by atoms with Gasteiger partial charge in [0.1, 0.15) is 11.6 Å². The lowest BCUT2D eigenvalue weighted by atomic mass is 10.1. The van der Waals surface area contributed by atoms with E-state index in [0.717, 1.165) is 34.0 Å². The van der Waals surface area contributed by atoms with Gasteiger partial charge in [0.05, 0.1) is 22.3 Å². The minimum atomic E-state index is -0.790. The van der Waals surface area contributed by atoms with Gasteiger partial charge in [-0.1, -0.05) is 39.0 Å². The summed E-state index contributed by atoms with van der Waals surface area (Å²) >= 11 is 1.67. The zero-order valence-electron chi connectivity index (χ0n) is 19.5. The first kappa shape index (κ1) is 26.1. The highest BCUT2D eigenvalue weighted by Gasteiger charge is 2.14. The molecule has 1 aromatic carbocycles. The van der Waals surface area contributed by atoms with Crippen LogP contribution in [0.2, 0.25) is 0 Å². The van der Waals surface area contributed by atoms with Crippen LogP contribution in [0.4, 0.5) is 8.78 Å². The Bertz CT molecular complexity index is 1140.